The van der Waals surface area contributed by atoms with Crippen molar-refractivity contribution in [1.29, 1.82) is 0 Å². The summed E-state index contributed by atoms with van der Waals surface area (Å²) in [7, 11) is 1.30. The molecule has 86 valence electrons. The van der Waals surface area contributed by atoms with Crippen LogP contribution in [0.4, 0.5) is 0 Å². The predicted octanol–water partition coefficient (Wildman–Crippen LogP) is 2.03. The molecule has 0 rings (SSSR count). The molecule has 0 amide bonds. The molecule has 0 aliphatic carbocycles. The molecule has 0 radical (unpaired) electrons. The second kappa shape index (κ2) is 7.41. The van der Waals surface area contributed by atoms with Crippen molar-refractivity contribution in [3.05, 3.63) is 0 Å². The summed E-state index contributed by atoms with van der Waals surface area (Å²) in [6.45, 7) is 8.69. The van der Waals surface area contributed by atoms with Crippen LogP contribution in [-0.2, 0) is 10.8 Å². The highest BCUT2D eigenvalue weighted by atomic mass is 32.2. The van der Waals surface area contributed by atoms with E-state index in [2.05, 4.69) is 33.0 Å². The Morgan fingerprint density at radius 3 is 2.14 bits per heavy atom. The van der Waals surface area contributed by atoms with Gasteiger partial charge in [-0.15, -0.1) is 0 Å². The quantitative estimate of drug-likeness (QED) is 0.710. The smallest absolute Gasteiger partial charge is 0.0391 e. The minimum atomic E-state index is -0.654. The van der Waals surface area contributed by atoms with Crippen molar-refractivity contribution in [2.24, 2.45) is 11.8 Å². The van der Waals surface area contributed by atoms with E-state index in [4.69, 9.17) is 0 Å². The Morgan fingerprint density at radius 2 is 1.79 bits per heavy atom. The van der Waals surface area contributed by atoms with Gasteiger partial charge in [-0.2, -0.15) is 0 Å². The van der Waals surface area contributed by atoms with Crippen molar-refractivity contribution in [1.82, 2.24) is 5.32 Å². The molecular weight excluding hydrogens is 194 g/mol. The average Bonchev–Trinajstić information content (AvgIpc) is 2.10. The Kier molecular flexibility index (Phi) is 7.47. The van der Waals surface area contributed by atoms with Crippen LogP contribution in [0.1, 0.15) is 34.1 Å². The molecular formula is C11H25NOS. The van der Waals surface area contributed by atoms with Gasteiger partial charge in [-0.05, 0) is 25.3 Å². The van der Waals surface area contributed by atoms with Crippen LogP contribution in [0.2, 0.25) is 0 Å². The Balaban J connectivity index is 3.79. The summed E-state index contributed by atoms with van der Waals surface area (Å²) in [6.07, 6.45) is 1.07. The summed E-state index contributed by atoms with van der Waals surface area (Å²) in [5, 5.41) is 3.23. The normalized spacial score (nSPS) is 16.2. The topological polar surface area (TPSA) is 29.1 Å². The van der Waals surface area contributed by atoms with Crippen LogP contribution in [0.25, 0.3) is 0 Å². The van der Waals surface area contributed by atoms with Gasteiger partial charge in [0.15, 0.2) is 0 Å². The molecule has 0 heterocycles. The fourth-order valence-corrected chi connectivity index (χ4v) is 3.11. The fourth-order valence-electron chi connectivity index (χ4n) is 1.26. The average molecular weight is 219 g/mol. The highest BCUT2D eigenvalue weighted by molar-refractivity contribution is 7.85. The molecule has 0 aliphatic heterocycles. The summed E-state index contributed by atoms with van der Waals surface area (Å²) in [6, 6.07) is 0.392. The molecule has 2 atom stereocenters. The van der Waals surface area contributed by atoms with E-state index in [9.17, 15) is 4.21 Å². The molecule has 0 aromatic heterocycles. The van der Waals surface area contributed by atoms with Crippen LogP contribution in [0.15, 0.2) is 0 Å². The molecule has 0 saturated heterocycles. The summed E-state index contributed by atoms with van der Waals surface area (Å²) in [4.78, 5) is 0. The molecule has 14 heavy (non-hydrogen) atoms. The van der Waals surface area contributed by atoms with E-state index < -0.39 is 10.8 Å². The first-order valence-corrected chi connectivity index (χ1v) is 6.98. The van der Waals surface area contributed by atoms with E-state index in [1.54, 1.807) is 0 Å². The minimum Gasteiger partial charge on any atom is -0.316 e. The first-order valence-electron chi connectivity index (χ1n) is 5.49. The third-order valence-electron chi connectivity index (χ3n) is 2.46. The second-order valence-electron chi connectivity index (χ2n) is 4.63. The SMILES string of the molecule is CNC(CS(=O)CCC(C)C)C(C)C. The Morgan fingerprint density at radius 1 is 1.21 bits per heavy atom. The lowest BCUT2D eigenvalue weighted by molar-refractivity contribution is 0.461. The van der Waals surface area contributed by atoms with E-state index in [0.717, 1.165) is 17.9 Å². The van der Waals surface area contributed by atoms with Crippen LogP contribution in [0.5, 0.6) is 0 Å². The van der Waals surface area contributed by atoms with Gasteiger partial charge in [-0.1, -0.05) is 27.7 Å². The Labute approximate surface area is 91.3 Å². The molecule has 1 N–H and O–H groups in total. The fraction of sp³-hybridized carbons (Fsp3) is 1.00. The first kappa shape index (κ1) is 14.1. The lowest BCUT2D eigenvalue weighted by atomic mass is 10.1. The van der Waals surface area contributed by atoms with Crippen molar-refractivity contribution in [2.45, 2.75) is 40.2 Å². The minimum absolute atomic E-state index is 0.392. The molecule has 2 unspecified atom stereocenters. The third-order valence-corrected chi connectivity index (χ3v) is 3.89. The van der Waals surface area contributed by atoms with E-state index in [0.29, 0.717) is 17.9 Å². The van der Waals surface area contributed by atoms with Gasteiger partial charge >= 0.3 is 0 Å². The van der Waals surface area contributed by atoms with Gasteiger partial charge in [0.05, 0.1) is 0 Å². The van der Waals surface area contributed by atoms with Crippen molar-refractivity contribution >= 4 is 10.8 Å². The molecule has 0 aromatic carbocycles. The van der Waals surface area contributed by atoms with E-state index >= 15 is 0 Å². The maximum Gasteiger partial charge on any atom is 0.0391 e. The number of nitrogens with one attached hydrogen (secondary N) is 1. The number of rotatable bonds is 7. The van der Waals surface area contributed by atoms with Gasteiger partial charge in [0.1, 0.15) is 0 Å². The molecule has 2 nitrogen and oxygen atoms in total. The van der Waals surface area contributed by atoms with E-state index in [1.165, 1.54) is 0 Å². The molecule has 0 saturated carbocycles. The maximum atomic E-state index is 11.7. The van der Waals surface area contributed by atoms with Gasteiger partial charge in [0, 0.05) is 28.3 Å². The van der Waals surface area contributed by atoms with Crippen LogP contribution in [0.3, 0.4) is 0 Å². The van der Waals surface area contributed by atoms with E-state index in [1.807, 2.05) is 7.05 Å². The standard InChI is InChI=1S/C11H25NOS/c1-9(2)6-7-14(13)8-11(12-5)10(3)4/h9-12H,6-8H2,1-5H3. The lowest BCUT2D eigenvalue weighted by Gasteiger charge is -2.19. The van der Waals surface area contributed by atoms with Crippen LogP contribution in [0, 0.1) is 11.8 Å². The molecule has 0 fully saturated rings. The summed E-state index contributed by atoms with van der Waals surface area (Å²) in [5.74, 6) is 2.86. The van der Waals surface area contributed by atoms with Crippen LogP contribution < -0.4 is 5.32 Å². The zero-order valence-corrected chi connectivity index (χ0v) is 11.0. The Bertz CT molecular complexity index is 169. The highest BCUT2D eigenvalue weighted by Crippen LogP contribution is 2.06. The van der Waals surface area contributed by atoms with Crippen molar-refractivity contribution in [3.8, 4) is 0 Å². The van der Waals surface area contributed by atoms with Gasteiger partial charge < -0.3 is 5.32 Å². The molecule has 3 heteroatoms. The second-order valence-corrected chi connectivity index (χ2v) is 6.25. The van der Waals surface area contributed by atoms with Crippen molar-refractivity contribution in [2.75, 3.05) is 18.6 Å². The van der Waals surface area contributed by atoms with Gasteiger partial charge in [0.25, 0.3) is 0 Å². The largest absolute Gasteiger partial charge is 0.316 e. The van der Waals surface area contributed by atoms with Gasteiger partial charge in [-0.3, -0.25) is 4.21 Å². The predicted molar refractivity (Wildman–Crippen MR) is 65.0 cm³/mol. The number of hydrogen-bond donors (Lipinski definition) is 1. The third kappa shape index (κ3) is 6.55. The lowest BCUT2D eigenvalue weighted by Crippen LogP contribution is -2.36. The summed E-state index contributed by atoms with van der Waals surface area (Å²) in [5.41, 5.74) is 0. The molecule has 0 aliphatic rings. The molecule has 0 bridgehead atoms. The Hall–Kier alpha value is 0.110. The van der Waals surface area contributed by atoms with E-state index in [-0.39, 0.29) is 0 Å². The first-order chi connectivity index (χ1) is 6.47. The zero-order chi connectivity index (χ0) is 11.1. The zero-order valence-electron chi connectivity index (χ0n) is 10.2. The molecule has 0 spiro atoms. The maximum absolute atomic E-state index is 11.7. The summed E-state index contributed by atoms with van der Waals surface area (Å²) >= 11 is 0. The van der Waals surface area contributed by atoms with Crippen molar-refractivity contribution < 1.29 is 4.21 Å². The molecule has 0 aromatic rings. The van der Waals surface area contributed by atoms with Gasteiger partial charge in [0.2, 0.25) is 0 Å². The van der Waals surface area contributed by atoms with Crippen molar-refractivity contribution in [3.63, 3.8) is 0 Å². The highest BCUT2D eigenvalue weighted by Gasteiger charge is 2.14. The van der Waals surface area contributed by atoms with Crippen LogP contribution >= 0.6 is 0 Å². The van der Waals surface area contributed by atoms with Crippen LogP contribution in [-0.4, -0.2) is 28.8 Å². The van der Waals surface area contributed by atoms with Gasteiger partial charge in [-0.25, -0.2) is 0 Å². The monoisotopic (exact) mass is 219 g/mol. The summed E-state index contributed by atoms with van der Waals surface area (Å²) < 4.78 is 11.7. The number of hydrogen-bond acceptors (Lipinski definition) is 2.